The molecule has 20 heavy (non-hydrogen) atoms. The lowest BCUT2D eigenvalue weighted by molar-refractivity contribution is 0.726. The number of aromatic nitrogens is 3. The van der Waals surface area contributed by atoms with Crippen molar-refractivity contribution in [2.24, 2.45) is 0 Å². The van der Waals surface area contributed by atoms with Crippen LogP contribution in [-0.2, 0) is 6.54 Å². The Hall–Kier alpha value is -1.85. The molecule has 2 aromatic heterocycles. The van der Waals surface area contributed by atoms with Gasteiger partial charge in [0, 0.05) is 17.6 Å². The minimum absolute atomic E-state index is 0.874. The summed E-state index contributed by atoms with van der Waals surface area (Å²) < 4.78 is 2.00. The van der Waals surface area contributed by atoms with E-state index in [4.69, 9.17) is 0 Å². The van der Waals surface area contributed by atoms with E-state index in [-0.39, 0.29) is 0 Å². The molecule has 0 aliphatic rings. The molecule has 1 aromatic carbocycles. The molecule has 4 nitrogen and oxygen atoms in total. The molecule has 0 aliphatic heterocycles. The Bertz CT molecular complexity index is 690. The van der Waals surface area contributed by atoms with Crippen LogP contribution in [0.4, 0.5) is 0 Å². The van der Waals surface area contributed by atoms with Crippen molar-refractivity contribution in [3.05, 3.63) is 54.2 Å². The van der Waals surface area contributed by atoms with Crippen LogP contribution in [0.25, 0.3) is 5.65 Å². The molecule has 1 N–H and O–H groups in total. The van der Waals surface area contributed by atoms with Gasteiger partial charge < -0.3 is 5.32 Å². The van der Waals surface area contributed by atoms with E-state index in [1.54, 1.807) is 11.8 Å². The van der Waals surface area contributed by atoms with Crippen molar-refractivity contribution in [3.8, 4) is 0 Å². The maximum Gasteiger partial charge on any atom is 0.200 e. The minimum Gasteiger partial charge on any atom is -0.313 e. The molecule has 0 saturated heterocycles. The summed E-state index contributed by atoms with van der Waals surface area (Å²) in [6.07, 6.45) is 1.98. The predicted molar refractivity (Wildman–Crippen MR) is 80.9 cm³/mol. The lowest BCUT2D eigenvalue weighted by Crippen LogP contribution is -2.11. The van der Waals surface area contributed by atoms with Crippen LogP contribution in [0.5, 0.6) is 0 Å². The van der Waals surface area contributed by atoms with E-state index in [0.717, 1.165) is 23.9 Å². The first kappa shape index (κ1) is 13.1. The fourth-order valence-corrected chi connectivity index (χ4v) is 2.76. The molecule has 0 unspecified atom stereocenters. The molecule has 102 valence electrons. The molecule has 0 fully saturated rings. The third kappa shape index (κ3) is 2.84. The monoisotopic (exact) mass is 284 g/mol. The van der Waals surface area contributed by atoms with Crippen molar-refractivity contribution in [3.63, 3.8) is 0 Å². The van der Waals surface area contributed by atoms with Crippen molar-refractivity contribution in [2.75, 3.05) is 6.54 Å². The van der Waals surface area contributed by atoms with Crippen LogP contribution >= 0.6 is 11.8 Å². The Morgan fingerprint density at radius 2 is 1.95 bits per heavy atom. The Kier molecular flexibility index (Phi) is 3.99. The summed E-state index contributed by atoms with van der Waals surface area (Å²) in [6.45, 7) is 4.01. The van der Waals surface area contributed by atoms with Gasteiger partial charge in [-0.25, -0.2) is 0 Å². The van der Waals surface area contributed by atoms with Gasteiger partial charge >= 0.3 is 0 Å². The van der Waals surface area contributed by atoms with E-state index in [2.05, 4.69) is 46.7 Å². The van der Waals surface area contributed by atoms with Crippen molar-refractivity contribution < 1.29 is 0 Å². The highest BCUT2D eigenvalue weighted by Gasteiger charge is 2.06. The summed E-state index contributed by atoms with van der Waals surface area (Å²) in [5, 5.41) is 12.6. The zero-order chi connectivity index (χ0) is 13.8. The standard InChI is InChI=1S/C15H16N4S/c1-2-16-11-12-6-8-13(9-7-12)20-15-18-17-14-5-3-4-10-19(14)15/h3-10,16H,2,11H2,1H3. The van der Waals surface area contributed by atoms with Crippen LogP contribution in [0.3, 0.4) is 0 Å². The number of nitrogens with zero attached hydrogens (tertiary/aromatic N) is 3. The van der Waals surface area contributed by atoms with Gasteiger partial charge in [-0.15, -0.1) is 10.2 Å². The minimum atomic E-state index is 0.874. The average Bonchev–Trinajstić information content (AvgIpc) is 2.90. The largest absolute Gasteiger partial charge is 0.313 e. The zero-order valence-electron chi connectivity index (χ0n) is 11.3. The van der Waals surface area contributed by atoms with E-state index >= 15 is 0 Å². The Labute approximate surface area is 122 Å². The van der Waals surface area contributed by atoms with Gasteiger partial charge in [0.25, 0.3) is 0 Å². The van der Waals surface area contributed by atoms with Gasteiger partial charge in [0.15, 0.2) is 10.8 Å². The molecule has 0 saturated carbocycles. The number of benzene rings is 1. The highest BCUT2D eigenvalue weighted by molar-refractivity contribution is 7.99. The number of rotatable bonds is 5. The van der Waals surface area contributed by atoms with Gasteiger partial charge in [0.05, 0.1) is 0 Å². The number of hydrogen-bond acceptors (Lipinski definition) is 4. The summed E-state index contributed by atoms with van der Waals surface area (Å²) in [4.78, 5) is 1.17. The molecule has 2 heterocycles. The molecule has 0 bridgehead atoms. The van der Waals surface area contributed by atoms with Crippen LogP contribution in [0.15, 0.2) is 58.7 Å². The quantitative estimate of drug-likeness (QED) is 0.782. The SMILES string of the molecule is CCNCc1ccc(Sc2nnc3ccccn23)cc1. The first-order valence-corrected chi connectivity index (χ1v) is 7.46. The average molecular weight is 284 g/mol. The third-order valence-electron chi connectivity index (χ3n) is 2.99. The highest BCUT2D eigenvalue weighted by atomic mass is 32.2. The van der Waals surface area contributed by atoms with E-state index in [1.165, 1.54) is 10.5 Å². The topological polar surface area (TPSA) is 42.2 Å². The zero-order valence-corrected chi connectivity index (χ0v) is 12.1. The first-order valence-electron chi connectivity index (χ1n) is 6.64. The fourth-order valence-electron chi connectivity index (χ4n) is 1.94. The molecular weight excluding hydrogens is 268 g/mol. The van der Waals surface area contributed by atoms with Crippen molar-refractivity contribution in [2.45, 2.75) is 23.5 Å². The molecule has 3 rings (SSSR count). The molecule has 0 spiro atoms. The molecule has 3 aromatic rings. The summed E-state index contributed by atoms with van der Waals surface area (Å²) in [6, 6.07) is 14.5. The summed E-state index contributed by atoms with van der Waals surface area (Å²) in [5.41, 5.74) is 2.17. The van der Waals surface area contributed by atoms with Gasteiger partial charge in [-0.3, -0.25) is 4.40 Å². The van der Waals surface area contributed by atoms with Crippen LogP contribution in [0.1, 0.15) is 12.5 Å². The van der Waals surface area contributed by atoms with Gasteiger partial charge in [0.1, 0.15) is 0 Å². The fraction of sp³-hybridized carbons (Fsp3) is 0.200. The lowest BCUT2D eigenvalue weighted by Gasteiger charge is -2.04. The molecule has 0 amide bonds. The van der Waals surface area contributed by atoms with Gasteiger partial charge in [0.2, 0.25) is 0 Å². The van der Waals surface area contributed by atoms with E-state index in [1.807, 2.05) is 28.8 Å². The van der Waals surface area contributed by atoms with Crippen LogP contribution in [0.2, 0.25) is 0 Å². The number of nitrogens with one attached hydrogen (secondary N) is 1. The molecule has 0 radical (unpaired) electrons. The first-order chi connectivity index (χ1) is 9.86. The second-order valence-electron chi connectivity index (χ2n) is 4.44. The number of hydrogen-bond donors (Lipinski definition) is 1. The molecule has 0 aliphatic carbocycles. The van der Waals surface area contributed by atoms with Gasteiger partial charge in [-0.1, -0.05) is 25.1 Å². The molecular formula is C15H16N4S. The van der Waals surface area contributed by atoms with Crippen molar-refractivity contribution in [1.82, 2.24) is 19.9 Å². The molecule has 5 heteroatoms. The van der Waals surface area contributed by atoms with Crippen molar-refractivity contribution in [1.29, 1.82) is 0 Å². The van der Waals surface area contributed by atoms with Gasteiger partial charge in [-0.2, -0.15) is 0 Å². The maximum absolute atomic E-state index is 4.23. The van der Waals surface area contributed by atoms with E-state index in [0.29, 0.717) is 0 Å². The Balaban J connectivity index is 1.77. The number of fused-ring (bicyclic) bond motifs is 1. The smallest absolute Gasteiger partial charge is 0.200 e. The molecule has 0 atom stereocenters. The lowest BCUT2D eigenvalue weighted by atomic mass is 10.2. The van der Waals surface area contributed by atoms with Crippen LogP contribution < -0.4 is 5.32 Å². The van der Waals surface area contributed by atoms with E-state index < -0.39 is 0 Å². The summed E-state index contributed by atoms with van der Waals surface area (Å²) >= 11 is 1.63. The van der Waals surface area contributed by atoms with Crippen LogP contribution in [-0.4, -0.2) is 21.1 Å². The maximum atomic E-state index is 4.23. The van der Waals surface area contributed by atoms with Gasteiger partial charge in [-0.05, 0) is 48.1 Å². The predicted octanol–water partition coefficient (Wildman–Crippen LogP) is 2.99. The van der Waals surface area contributed by atoms with Crippen molar-refractivity contribution >= 4 is 17.4 Å². The normalized spacial score (nSPS) is 11.1. The van der Waals surface area contributed by atoms with Crippen LogP contribution in [0, 0.1) is 0 Å². The third-order valence-corrected chi connectivity index (χ3v) is 3.96. The summed E-state index contributed by atoms with van der Waals surface area (Å²) in [7, 11) is 0. The second-order valence-corrected chi connectivity index (χ2v) is 5.48. The Morgan fingerprint density at radius 1 is 1.10 bits per heavy atom. The number of pyridine rings is 1. The Morgan fingerprint density at radius 3 is 2.75 bits per heavy atom. The second kappa shape index (κ2) is 6.07. The summed E-state index contributed by atoms with van der Waals surface area (Å²) in [5.74, 6) is 0. The van der Waals surface area contributed by atoms with E-state index in [9.17, 15) is 0 Å². The highest BCUT2D eigenvalue weighted by Crippen LogP contribution is 2.26.